The fourth-order valence-corrected chi connectivity index (χ4v) is 4.34. The van der Waals surface area contributed by atoms with Crippen molar-refractivity contribution in [2.24, 2.45) is 0 Å². The van der Waals surface area contributed by atoms with Crippen molar-refractivity contribution in [1.82, 2.24) is 9.47 Å². The van der Waals surface area contributed by atoms with Crippen LogP contribution in [-0.4, -0.2) is 35.4 Å². The summed E-state index contributed by atoms with van der Waals surface area (Å²) in [5, 5.41) is 2.60. The lowest BCUT2D eigenvalue weighted by Gasteiger charge is -2.16. The molecule has 1 aromatic heterocycles. The Labute approximate surface area is 149 Å². The molecule has 0 unspecified atom stereocenters. The summed E-state index contributed by atoms with van der Waals surface area (Å²) in [4.78, 5) is 14.6. The first-order chi connectivity index (χ1) is 12.2. The zero-order chi connectivity index (χ0) is 17.4. The SMILES string of the molecule is CCCN(C)CCCn1c2ccccc2c2c3c(ccc21)C(=O)CC3. The molecular formula is C22H26N2O. The zero-order valence-corrected chi connectivity index (χ0v) is 15.2. The zero-order valence-electron chi connectivity index (χ0n) is 15.2. The Bertz CT molecular complexity index is 938. The van der Waals surface area contributed by atoms with Gasteiger partial charge in [0.05, 0.1) is 0 Å². The first-order valence-electron chi connectivity index (χ1n) is 9.45. The highest BCUT2D eigenvalue weighted by Gasteiger charge is 2.24. The number of rotatable bonds is 6. The van der Waals surface area contributed by atoms with Gasteiger partial charge < -0.3 is 9.47 Å². The Kier molecular flexibility index (Phi) is 4.34. The molecule has 0 saturated carbocycles. The molecule has 0 fully saturated rings. The van der Waals surface area contributed by atoms with Crippen molar-refractivity contribution in [1.29, 1.82) is 0 Å². The van der Waals surface area contributed by atoms with E-state index in [4.69, 9.17) is 0 Å². The summed E-state index contributed by atoms with van der Waals surface area (Å²) >= 11 is 0. The number of hydrogen-bond acceptors (Lipinski definition) is 2. The molecule has 0 saturated heterocycles. The molecule has 3 nitrogen and oxygen atoms in total. The summed E-state index contributed by atoms with van der Waals surface area (Å²) in [6.45, 7) is 5.52. The average Bonchev–Trinajstić information content (AvgIpc) is 3.14. The third-order valence-corrected chi connectivity index (χ3v) is 5.48. The summed E-state index contributed by atoms with van der Waals surface area (Å²) in [7, 11) is 2.20. The number of hydrogen-bond donors (Lipinski definition) is 0. The minimum absolute atomic E-state index is 0.301. The lowest BCUT2D eigenvalue weighted by atomic mass is 10.0. The molecule has 3 heteroatoms. The highest BCUT2D eigenvalue weighted by Crippen LogP contribution is 2.37. The number of para-hydroxylation sites is 1. The van der Waals surface area contributed by atoms with Crippen LogP contribution in [-0.2, 0) is 13.0 Å². The van der Waals surface area contributed by atoms with Crippen LogP contribution in [0.3, 0.4) is 0 Å². The number of aryl methyl sites for hydroxylation is 2. The highest BCUT2D eigenvalue weighted by atomic mass is 16.1. The van der Waals surface area contributed by atoms with E-state index in [0.717, 1.165) is 38.0 Å². The third kappa shape index (κ3) is 2.77. The van der Waals surface area contributed by atoms with Crippen molar-refractivity contribution >= 4 is 27.6 Å². The Morgan fingerprint density at radius 2 is 1.88 bits per heavy atom. The van der Waals surface area contributed by atoms with Crippen LogP contribution in [0.15, 0.2) is 36.4 Å². The number of fused-ring (bicyclic) bond motifs is 5. The summed E-state index contributed by atoms with van der Waals surface area (Å²) < 4.78 is 2.45. The monoisotopic (exact) mass is 334 g/mol. The maximum atomic E-state index is 12.1. The average molecular weight is 334 g/mol. The number of aromatic nitrogens is 1. The second-order valence-electron chi connectivity index (χ2n) is 7.23. The second-order valence-corrected chi connectivity index (χ2v) is 7.23. The van der Waals surface area contributed by atoms with Gasteiger partial charge in [-0.05, 0) is 63.2 Å². The molecule has 0 bridgehead atoms. The van der Waals surface area contributed by atoms with E-state index in [-0.39, 0.29) is 0 Å². The van der Waals surface area contributed by atoms with Gasteiger partial charge in [-0.2, -0.15) is 0 Å². The number of carbonyl (C=O) groups excluding carboxylic acids is 1. The van der Waals surface area contributed by atoms with E-state index in [1.165, 1.54) is 33.8 Å². The van der Waals surface area contributed by atoms with Crippen LogP contribution >= 0.6 is 0 Å². The molecule has 4 rings (SSSR count). The molecule has 130 valence electrons. The van der Waals surface area contributed by atoms with Gasteiger partial charge in [-0.3, -0.25) is 4.79 Å². The maximum Gasteiger partial charge on any atom is 0.163 e. The van der Waals surface area contributed by atoms with Gasteiger partial charge in [-0.1, -0.05) is 25.1 Å². The van der Waals surface area contributed by atoms with Gasteiger partial charge in [0.15, 0.2) is 5.78 Å². The Balaban J connectivity index is 1.77. The maximum absolute atomic E-state index is 12.1. The second kappa shape index (κ2) is 6.64. The summed E-state index contributed by atoms with van der Waals surface area (Å²) in [6, 6.07) is 12.9. The molecule has 1 aliphatic carbocycles. The quantitative estimate of drug-likeness (QED) is 0.655. The summed E-state index contributed by atoms with van der Waals surface area (Å²) in [5.74, 6) is 0.301. The highest BCUT2D eigenvalue weighted by molar-refractivity contribution is 6.15. The molecule has 0 atom stereocenters. The Morgan fingerprint density at radius 3 is 2.72 bits per heavy atom. The largest absolute Gasteiger partial charge is 0.340 e. The van der Waals surface area contributed by atoms with Crippen LogP contribution in [0.2, 0.25) is 0 Å². The number of carbonyl (C=O) groups is 1. The number of nitrogens with zero attached hydrogens (tertiary/aromatic N) is 2. The standard InChI is InChI=1S/C22H26N2O/c1-3-13-23(2)14-6-15-24-19-8-5-4-7-18(19)22-17-10-12-21(25)16(17)9-11-20(22)24/h4-5,7-9,11H,3,6,10,12-15H2,1-2H3. The van der Waals surface area contributed by atoms with E-state index >= 15 is 0 Å². The van der Waals surface area contributed by atoms with Crippen LogP contribution in [0.4, 0.5) is 0 Å². The predicted molar refractivity (Wildman–Crippen MR) is 105 cm³/mol. The molecule has 0 N–H and O–H groups in total. The molecule has 0 radical (unpaired) electrons. The molecule has 25 heavy (non-hydrogen) atoms. The van der Waals surface area contributed by atoms with E-state index < -0.39 is 0 Å². The summed E-state index contributed by atoms with van der Waals surface area (Å²) in [6.07, 6.45) is 3.89. The fraction of sp³-hybridized carbons (Fsp3) is 0.409. The topological polar surface area (TPSA) is 25.2 Å². The van der Waals surface area contributed by atoms with Crippen LogP contribution in [0.25, 0.3) is 21.8 Å². The van der Waals surface area contributed by atoms with Crippen LogP contribution in [0.5, 0.6) is 0 Å². The minimum Gasteiger partial charge on any atom is -0.340 e. The smallest absolute Gasteiger partial charge is 0.163 e. The molecule has 1 aliphatic rings. The van der Waals surface area contributed by atoms with Crippen molar-refractivity contribution in [2.45, 2.75) is 39.2 Å². The van der Waals surface area contributed by atoms with Gasteiger partial charge in [0, 0.05) is 40.3 Å². The fourth-order valence-electron chi connectivity index (χ4n) is 4.34. The van der Waals surface area contributed by atoms with Crippen molar-refractivity contribution < 1.29 is 4.79 Å². The minimum atomic E-state index is 0.301. The molecule has 3 aromatic rings. The van der Waals surface area contributed by atoms with Gasteiger partial charge in [-0.15, -0.1) is 0 Å². The number of Topliss-reactive ketones (excluding diaryl/α,β-unsaturated/α-hetero) is 1. The van der Waals surface area contributed by atoms with Crippen LogP contribution in [0.1, 0.15) is 42.1 Å². The predicted octanol–water partition coefficient (Wildman–Crippen LogP) is 4.66. The van der Waals surface area contributed by atoms with E-state index in [1.54, 1.807) is 0 Å². The lowest BCUT2D eigenvalue weighted by Crippen LogP contribution is -2.21. The van der Waals surface area contributed by atoms with E-state index in [9.17, 15) is 4.79 Å². The molecule has 0 aliphatic heterocycles. The van der Waals surface area contributed by atoms with Crippen molar-refractivity contribution in [2.75, 3.05) is 20.1 Å². The Hall–Kier alpha value is -2.13. The van der Waals surface area contributed by atoms with Crippen molar-refractivity contribution in [3.63, 3.8) is 0 Å². The van der Waals surface area contributed by atoms with E-state index in [1.807, 2.05) is 6.07 Å². The van der Waals surface area contributed by atoms with E-state index in [2.05, 4.69) is 53.8 Å². The van der Waals surface area contributed by atoms with Crippen LogP contribution in [0, 0.1) is 0 Å². The van der Waals surface area contributed by atoms with Crippen molar-refractivity contribution in [3.8, 4) is 0 Å². The van der Waals surface area contributed by atoms with Crippen LogP contribution < -0.4 is 0 Å². The van der Waals surface area contributed by atoms with Gasteiger partial charge in [0.2, 0.25) is 0 Å². The van der Waals surface area contributed by atoms with Gasteiger partial charge >= 0.3 is 0 Å². The van der Waals surface area contributed by atoms with Crippen molar-refractivity contribution in [3.05, 3.63) is 47.5 Å². The van der Waals surface area contributed by atoms with Gasteiger partial charge in [0.1, 0.15) is 0 Å². The lowest BCUT2D eigenvalue weighted by molar-refractivity contribution is 0.0994. The number of ketones is 1. The summed E-state index contributed by atoms with van der Waals surface area (Å²) in [5.41, 5.74) is 4.79. The third-order valence-electron chi connectivity index (χ3n) is 5.48. The normalized spacial score (nSPS) is 14.1. The Morgan fingerprint density at radius 1 is 1.04 bits per heavy atom. The van der Waals surface area contributed by atoms with E-state index in [0.29, 0.717) is 12.2 Å². The molecular weight excluding hydrogens is 308 g/mol. The van der Waals surface area contributed by atoms with Gasteiger partial charge in [-0.25, -0.2) is 0 Å². The molecule has 1 heterocycles. The molecule has 0 amide bonds. The number of benzene rings is 2. The first kappa shape index (κ1) is 16.3. The molecule has 2 aromatic carbocycles. The van der Waals surface area contributed by atoms with Gasteiger partial charge in [0.25, 0.3) is 0 Å². The molecule has 0 spiro atoms. The first-order valence-corrected chi connectivity index (χ1v) is 9.45.